The van der Waals surface area contributed by atoms with Crippen molar-refractivity contribution < 1.29 is 9.59 Å². The molecule has 8 nitrogen and oxygen atoms in total. The van der Waals surface area contributed by atoms with Crippen LogP contribution in [0.15, 0.2) is 53.9 Å². The number of pyridine rings is 1. The largest absolute Gasteiger partial charge is 0.326 e. The first-order chi connectivity index (χ1) is 14.8. The van der Waals surface area contributed by atoms with Crippen molar-refractivity contribution in [3.63, 3.8) is 0 Å². The summed E-state index contributed by atoms with van der Waals surface area (Å²) in [5, 5.41) is 14.9. The molecular formula is C22H26N6O2S. The van der Waals surface area contributed by atoms with Crippen molar-refractivity contribution in [1.29, 1.82) is 0 Å². The first-order valence-electron chi connectivity index (χ1n) is 9.95. The lowest BCUT2D eigenvalue weighted by molar-refractivity contribution is -0.123. The van der Waals surface area contributed by atoms with E-state index >= 15 is 0 Å². The van der Waals surface area contributed by atoms with Gasteiger partial charge in [0.2, 0.25) is 11.8 Å². The molecule has 0 saturated heterocycles. The summed E-state index contributed by atoms with van der Waals surface area (Å²) < 4.78 is 1.97. The van der Waals surface area contributed by atoms with Crippen LogP contribution in [0.5, 0.6) is 0 Å². The van der Waals surface area contributed by atoms with Crippen LogP contribution in [-0.4, -0.2) is 37.3 Å². The predicted octanol–water partition coefficient (Wildman–Crippen LogP) is 4.08. The first-order valence-corrected chi connectivity index (χ1v) is 10.9. The summed E-state index contributed by atoms with van der Waals surface area (Å²) >= 11 is 1.33. The summed E-state index contributed by atoms with van der Waals surface area (Å²) in [6, 6.07) is 10.8. The fourth-order valence-corrected chi connectivity index (χ4v) is 3.48. The number of aromatic nitrogens is 4. The van der Waals surface area contributed by atoms with Crippen LogP contribution in [0.2, 0.25) is 0 Å². The van der Waals surface area contributed by atoms with Gasteiger partial charge in [0.25, 0.3) is 0 Å². The van der Waals surface area contributed by atoms with Crippen LogP contribution >= 0.6 is 11.8 Å². The summed E-state index contributed by atoms with van der Waals surface area (Å²) in [7, 11) is 0. The summed E-state index contributed by atoms with van der Waals surface area (Å²) in [5.74, 6) is 0.747. The molecule has 2 N–H and O–H groups in total. The van der Waals surface area contributed by atoms with Gasteiger partial charge in [0, 0.05) is 41.3 Å². The lowest BCUT2D eigenvalue weighted by Crippen LogP contribution is -2.27. The van der Waals surface area contributed by atoms with Gasteiger partial charge >= 0.3 is 0 Å². The molecule has 0 unspecified atom stereocenters. The summed E-state index contributed by atoms with van der Waals surface area (Å²) in [6.07, 6.45) is 3.42. The van der Waals surface area contributed by atoms with E-state index in [4.69, 9.17) is 0 Å². The van der Waals surface area contributed by atoms with E-state index < -0.39 is 5.41 Å². The Bertz CT molecular complexity index is 1040. The maximum atomic E-state index is 12.4. The van der Waals surface area contributed by atoms with Crippen molar-refractivity contribution in [3.05, 3.63) is 48.8 Å². The van der Waals surface area contributed by atoms with Gasteiger partial charge in [0.15, 0.2) is 11.0 Å². The van der Waals surface area contributed by atoms with Crippen LogP contribution in [0.1, 0.15) is 27.7 Å². The number of benzene rings is 1. The Labute approximate surface area is 185 Å². The zero-order valence-electron chi connectivity index (χ0n) is 18.0. The maximum Gasteiger partial charge on any atom is 0.234 e. The van der Waals surface area contributed by atoms with Gasteiger partial charge in [-0.25, -0.2) is 0 Å². The lowest BCUT2D eigenvalue weighted by atomic mass is 9.95. The van der Waals surface area contributed by atoms with Crippen molar-refractivity contribution in [3.8, 4) is 11.4 Å². The van der Waals surface area contributed by atoms with E-state index in [0.29, 0.717) is 23.1 Å². The van der Waals surface area contributed by atoms with Crippen molar-refractivity contribution in [2.75, 3.05) is 16.4 Å². The number of nitrogens with one attached hydrogen (secondary N) is 2. The van der Waals surface area contributed by atoms with Crippen LogP contribution in [0.3, 0.4) is 0 Å². The Kier molecular flexibility index (Phi) is 7.06. The molecule has 2 amide bonds. The third-order valence-corrected chi connectivity index (χ3v) is 5.38. The standard InChI is InChI=1S/C22H26N6O2S/c1-5-28-19(15-10-12-23-13-11-15)26-27-21(28)31-14-18(29)24-16-6-8-17(9-7-16)25-20(30)22(2,3)4/h6-13H,5,14H2,1-4H3,(H,24,29)(H,25,30). The van der Waals surface area contributed by atoms with Gasteiger partial charge in [-0.05, 0) is 43.3 Å². The Balaban J connectivity index is 1.57. The number of thioether (sulfide) groups is 1. The van der Waals surface area contributed by atoms with Gasteiger partial charge in [-0.3, -0.25) is 14.6 Å². The zero-order chi connectivity index (χ0) is 22.4. The number of amides is 2. The summed E-state index contributed by atoms with van der Waals surface area (Å²) in [4.78, 5) is 28.5. The predicted molar refractivity (Wildman–Crippen MR) is 123 cm³/mol. The average Bonchev–Trinajstić information content (AvgIpc) is 3.16. The van der Waals surface area contributed by atoms with Crippen LogP contribution < -0.4 is 10.6 Å². The van der Waals surface area contributed by atoms with Gasteiger partial charge in [-0.15, -0.1) is 10.2 Å². The molecule has 2 heterocycles. The zero-order valence-corrected chi connectivity index (χ0v) is 18.9. The minimum Gasteiger partial charge on any atom is -0.326 e. The highest BCUT2D eigenvalue weighted by atomic mass is 32.2. The molecule has 31 heavy (non-hydrogen) atoms. The minimum atomic E-state index is -0.472. The van der Waals surface area contributed by atoms with Crippen LogP contribution in [0, 0.1) is 5.41 Å². The summed E-state index contributed by atoms with van der Waals surface area (Å²) in [6.45, 7) is 8.27. The molecule has 2 aromatic heterocycles. The van der Waals surface area contributed by atoms with E-state index in [9.17, 15) is 9.59 Å². The SMILES string of the molecule is CCn1c(SCC(=O)Nc2ccc(NC(=O)C(C)(C)C)cc2)nnc1-c1ccncc1. The van der Waals surface area contributed by atoms with Gasteiger partial charge < -0.3 is 15.2 Å². The molecule has 0 fully saturated rings. The fraction of sp³-hybridized carbons (Fsp3) is 0.318. The smallest absolute Gasteiger partial charge is 0.234 e. The number of hydrogen-bond acceptors (Lipinski definition) is 6. The van der Waals surface area contributed by atoms with Gasteiger partial charge in [-0.2, -0.15) is 0 Å². The molecule has 9 heteroatoms. The highest BCUT2D eigenvalue weighted by Gasteiger charge is 2.21. The van der Waals surface area contributed by atoms with E-state index in [1.54, 1.807) is 36.7 Å². The van der Waals surface area contributed by atoms with E-state index in [1.807, 2.05) is 44.4 Å². The molecule has 0 atom stereocenters. The molecule has 0 spiro atoms. The second-order valence-electron chi connectivity index (χ2n) is 7.90. The van der Waals surface area contributed by atoms with Crippen molar-refractivity contribution in [2.45, 2.75) is 39.4 Å². The quantitative estimate of drug-likeness (QED) is 0.539. The van der Waals surface area contributed by atoms with Gasteiger partial charge in [-0.1, -0.05) is 32.5 Å². The molecule has 3 rings (SSSR count). The Morgan fingerprint density at radius 3 is 2.16 bits per heavy atom. The Morgan fingerprint density at radius 2 is 1.58 bits per heavy atom. The third kappa shape index (κ3) is 5.91. The van der Waals surface area contributed by atoms with E-state index in [2.05, 4.69) is 25.8 Å². The molecular weight excluding hydrogens is 412 g/mol. The number of rotatable bonds is 7. The molecule has 0 radical (unpaired) electrons. The van der Waals surface area contributed by atoms with Crippen molar-refractivity contribution in [1.82, 2.24) is 19.7 Å². The maximum absolute atomic E-state index is 12.4. The second kappa shape index (κ2) is 9.74. The normalized spacial score (nSPS) is 11.2. The first kappa shape index (κ1) is 22.5. The molecule has 1 aromatic carbocycles. The van der Waals surface area contributed by atoms with Crippen molar-refractivity contribution >= 4 is 35.0 Å². The third-order valence-electron chi connectivity index (χ3n) is 4.41. The van der Waals surface area contributed by atoms with Gasteiger partial charge in [0.1, 0.15) is 0 Å². The Morgan fingerprint density at radius 1 is 0.968 bits per heavy atom. The highest BCUT2D eigenvalue weighted by molar-refractivity contribution is 7.99. The second-order valence-corrected chi connectivity index (χ2v) is 8.85. The van der Waals surface area contributed by atoms with Crippen LogP contribution in [-0.2, 0) is 16.1 Å². The van der Waals surface area contributed by atoms with E-state index in [1.165, 1.54) is 11.8 Å². The fourth-order valence-electron chi connectivity index (χ4n) is 2.68. The molecule has 3 aromatic rings. The average molecular weight is 439 g/mol. The number of carbonyl (C=O) groups is 2. The lowest BCUT2D eigenvalue weighted by Gasteiger charge is -2.17. The number of carbonyl (C=O) groups excluding carboxylic acids is 2. The highest BCUT2D eigenvalue weighted by Crippen LogP contribution is 2.24. The number of anilines is 2. The van der Waals surface area contributed by atoms with Crippen LogP contribution in [0.4, 0.5) is 11.4 Å². The molecule has 0 aliphatic carbocycles. The number of nitrogens with zero attached hydrogens (tertiary/aromatic N) is 4. The van der Waals surface area contributed by atoms with E-state index in [-0.39, 0.29) is 17.6 Å². The minimum absolute atomic E-state index is 0.0631. The van der Waals surface area contributed by atoms with Crippen molar-refractivity contribution in [2.24, 2.45) is 5.41 Å². The molecule has 0 aliphatic rings. The Hall–Kier alpha value is -3.20. The molecule has 162 valence electrons. The molecule has 0 saturated carbocycles. The summed E-state index contributed by atoms with van der Waals surface area (Å²) in [5.41, 5.74) is 1.81. The van der Waals surface area contributed by atoms with Crippen LogP contribution in [0.25, 0.3) is 11.4 Å². The molecule has 0 aliphatic heterocycles. The topological polar surface area (TPSA) is 102 Å². The monoisotopic (exact) mass is 438 g/mol. The number of hydrogen-bond donors (Lipinski definition) is 2. The molecule has 0 bridgehead atoms. The van der Waals surface area contributed by atoms with E-state index in [0.717, 1.165) is 11.4 Å². The van der Waals surface area contributed by atoms with Gasteiger partial charge in [0.05, 0.1) is 5.75 Å².